The molecule has 0 radical (unpaired) electrons. The fourth-order valence-electron chi connectivity index (χ4n) is 4.27. The van der Waals surface area contributed by atoms with Crippen LogP contribution in [-0.4, -0.2) is 19.5 Å². The Labute approximate surface area is 202 Å². The van der Waals surface area contributed by atoms with Crippen molar-refractivity contribution in [1.82, 2.24) is 0 Å². The lowest BCUT2D eigenvalue weighted by atomic mass is 9.90. The van der Waals surface area contributed by atoms with Gasteiger partial charge in [0.05, 0.1) is 6.61 Å². The zero-order chi connectivity index (χ0) is 23.9. The van der Waals surface area contributed by atoms with Gasteiger partial charge in [-0.1, -0.05) is 89.6 Å². The summed E-state index contributed by atoms with van der Waals surface area (Å²) in [7, 11) is 0. The van der Waals surface area contributed by atoms with E-state index in [0.29, 0.717) is 25.0 Å². The number of aryl methyl sites for hydroxylation is 1. The number of rotatable bonds is 17. The molecule has 3 heteroatoms. The lowest BCUT2D eigenvalue weighted by Crippen LogP contribution is -2.25. The van der Waals surface area contributed by atoms with Crippen LogP contribution in [0.4, 0.5) is 0 Å². The standard InChI is InChI=1S/C30H46O3/c1-6-9-12-25(5)23-30(33-29-17-13-24(4)14-18-29)32-22-21-31-28-19-15-27(16-20-28)26(10-7-2)11-8-3/h13-20,25-26,30H,6-12,21-23H2,1-5H3. The largest absolute Gasteiger partial charge is 0.491 e. The zero-order valence-electron chi connectivity index (χ0n) is 21.6. The van der Waals surface area contributed by atoms with E-state index in [1.165, 1.54) is 56.1 Å². The van der Waals surface area contributed by atoms with Crippen molar-refractivity contribution in [2.75, 3.05) is 13.2 Å². The Kier molecular flexibility index (Phi) is 13.0. The SMILES string of the molecule is CCCCC(C)CC(OCCOc1ccc(C(CCC)CCC)cc1)Oc1ccc(C)cc1. The Morgan fingerprint density at radius 3 is 1.97 bits per heavy atom. The van der Waals surface area contributed by atoms with Crippen LogP contribution in [0.25, 0.3) is 0 Å². The normalized spacial score (nSPS) is 13.2. The molecule has 3 nitrogen and oxygen atoms in total. The average Bonchev–Trinajstić information content (AvgIpc) is 2.82. The van der Waals surface area contributed by atoms with Gasteiger partial charge in [0.25, 0.3) is 0 Å². The highest BCUT2D eigenvalue weighted by Crippen LogP contribution is 2.28. The molecule has 0 aromatic heterocycles. The van der Waals surface area contributed by atoms with E-state index in [-0.39, 0.29) is 6.29 Å². The van der Waals surface area contributed by atoms with Crippen molar-refractivity contribution in [3.63, 3.8) is 0 Å². The lowest BCUT2D eigenvalue weighted by molar-refractivity contribution is -0.0981. The van der Waals surface area contributed by atoms with Crippen LogP contribution in [0, 0.1) is 12.8 Å². The number of hydrogen-bond acceptors (Lipinski definition) is 3. The smallest absolute Gasteiger partial charge is 0.200 e. The van der Waals surface area contributed by atoms with E-state index >= 15 is 0 Å². The molecule has 0 bridgehead atoms. The molecular formula is C30H46O3. The van der Waals surface area contributed by atoms with E-state index in [1.807, 2.05) is 12.1 Å². The van der Waals surface area contributed by atoms with E-state index in [0.717, 1.165) is 17.9 Å². The predicted octanol–water partition coefficient (Wildman–Crippen LogP) is 8.70. The first-order chi connectivity index (χ1) is 16.0. The second kappa shape index (κ2) is 15.8. The first kappa shape index (κ1) is 27.2. The number of unbranched alkanes of at least 4 members (excludes halogenated alkanes) is 1. The van der Waals surface area contributed by atoms with Crippen molar-refractivity contribution >= 4 is 0 Å². The van der Waals surface area contributed by atoms with Gasteiger partial charge in [-0.2, -0.15) is 0 Å². The van der Waals surface area contributed by atoms with Gasteiger partial charge in [-0.25, -0.2) is 0 Å². The minimum absolute atomic E-state index is 0.255. The molecule has 0 N–H and O–H groups in total. The first-order valence-electron chi connectivity index (χ1n) is 13.1. The van der Waals surface area contributed by atoms with Crippen molar-refractivity contribution in [2.24, 2.45) is 5.92 Å². The molecule has 0 fully saturated rings. The fourth-order valence-corrected chi connectivity index (χ4v) is 4.27. The maximum Gasteiger partial charge on any atom is 0.200 e. The molecule has 0 aliphatic rings. The topological polar surface area (TPSA) is 27.7 Å². The summed E-state index contributed by atoms with van der Waals surface area (Å²) < 4.78 is 18.3. The van der Waals surface area contributed by atoms with Gasteiger partial charge in [0.1, 0.15) is 18.1 Å². The molecule has 0 amide bonds. The minimum atomic E-state index is -0.255. The highest BCUT2D eigenvalue weighted by molar-refractivity contribution is 5.29. The molecular weight excluding hydrogens is 408 g/mol. The molecule has 2 atom stereocenters. The van der Waals surface area contributed by atoms with E-state index < -0.39 is 0 Å². The van der Waals surface area contributed by atoms with E-state index in [4.69, 9.17) is 14.2 Å². The average molecular weight is 455 g/mol. The Hall–Kier alpha value is -2.00. The molecule has 0 saturated heterocycles. The maximum absolute atomic E-state index is 6.18. The molecule has 0 aliphatic heterocycles. The Morgan fingerprint density at radius 2 is 1.36 bits per heavy atom. The Balaban J connectivity index is 1.85. The summed E-state index contributed by atoms with van der Waals surface area (Å²) in [5.74, 6) is 2.99. The van der Waals surface area contributed by atoms with Crippen molar-refractivity contribution in [2.45, 2.75) is 98.2 Å². The molecule has 0 heterocycles. The van der Waals surface area contributed by atoms with Crippen molar-refractivity contribution in [3.05, 3.63) is 59.7 Å². The van der Waals surface area contributed by atoms with Crippen LogP contribution in [0.15, 0.2) is 48.5 Å². The fraction of sp³-hybridized carbons (Fsp3) is 0.600. The molecule has 2 unspecified atom stereocenters. The van der Waals surface area contributed by atoms with Gasteiger partial charge in [0.15, 0.2) is 6.29 Å². The van der Waals surface area contributed by atoms with Crippen molar-refractivity contribution in [1.29, 1.82) is 0 Å². The van der Waals surface area contributed by atoms with Crippen LogP contribution in [-0.2, 0) is 4.74 Å². The molecule has 2 aromatic rings. The Bertz CT molecular complexity index is 732. The molecule has 0 aliphatic carbocycles. The van der Waals surface area contributed by atoms with Gasteiger partial charge in [0.2, 0.25) is 0 Å². The van der Waals surface area contributed by atoms with Gasteiger partial charge < -0.3 is 14.2 Å². The summed E-state index contributed by atoms with van der Waals surface area (Å²) >= 11 is 0. The maximum atomic E-state index is 6.18. The van der Waals surface area contributed by atoms with Gasteiger partial charge in [0, 0.05) is 6.42 Å². The third-order valence-electron chi connectivity index (χ3n) is 6.22. The number of benzene rings is 2. The zero-order valence-corrected chi connectivity index (χ0v) is 21.6. The molecule has 2 aromatic carbocycles. The lowest BCUT2D eigenvalue weighted by Gasteiger charge is -2.23. The van der Waals surface area contributed by atoms with Crippen LogP contribution in [0.2, 0.25) is 0 Å². The van der Waals surface area contributed by atoms with E-state index in [9.17, 15) is 0 Å². The third kappa shape index (κ3) is 10.6. The molecule has 33 heavy (non-hydrogen) atoms. The molecule has 184 valence electrons. The minimum Gasteiger partial charge on any atom is -0.491 e. The Morgan fingerprint density at radius 1 is 0.727 bits per heavy atom. The summed E-state index contributed by atoms with van der Waals surface area (Å²) in [5, 5.41) is 0. The van der Waals surface area contributed by atoms with Crippen LogP contribution in [0.3, 0.4) is 0 Å². The van der Waals surface area contributed by atoms with Gasteiger partial charge in [-0.05, 0) is 61.4 Å². The van der Waals surface area contributed by atoms with Gasteiger partial charge >= 0.3 is 0 Å². The summed E-state index contributed by atoms with van der Waals surface area (Å²) in [6.07, 6.45) is 9.25. The summed E-state index contributed by atoms with van der Waals surface area (Å²) in [6.45, 7) is 12.2. The third-order valence-corrected chi connectivity index (χ3v) is 6.22. The van der Waals surface area contributed by atoms with E-state index in [2.05, 4.69) is 71.0 Å². The summed E-state index contributed by atoms with van der Waals surface area (Å²) in [6, 6.07) is 16.8. The van der Waals surface area contributed by atoms with Crippen molar-refractivity contribution in [3.8, 4) is 11.5 Å². The predicted molar refractivity (Wildman–Crippen MR) is 139 cm³/mol. The summed E-state index contributed by atoms with van der Waals surface area (Å²) in [4.78, 5) is 0. The molecule has 2 rings (SSSR count). The van der Waals surface area contributed by atoms with Gasteiger partial charge in [-0.3, -0.25) is 0 Å². The monoisotopic (exact) mass is 454 g/mol. The van der Waals surface area contributed by atoms with Crippen LogP contribution in [0.5, 0.6) is 11.5 Å². The van der Waals surface area contributed by atoms with Crippen LogP contribution < -0.4 is 9.47 Å². The van der Waals surface area contributed by atoms with Crippen LogP contribution >= 0.6 is 0 Å². The van der Waals surface area contributed by atoms with E-state index in [1.54, 1.807) is 0 Å². The van der Waals surface area contributed by atoms with Gasteiger partial charge in [-0.15, -0.1) is 0 Å². The highest BCUT2D eigenvalue weighted by Gasteiger charge is 2.16. The second-order valence-corrected chi connectivity index (χ2v) is 9.41. The number of hydrogen-bond donors (Lipinski definition) is 0. The molecule has 0 saturated carbocycles. The van der Waals surface area contributed by atoms with Crippen molar-refractivity contribution < 1.29 is 14.2 Å². The highest BCUT2D eigenvalue weighted by atomic mass is 16.7. The first-order valence-corrected chi connectivity index (χ1v) is 13.1. The number of ether oxygens (including phenoxy) is 3. The quantitative estimate of drug-likeness (QED) is 0.177. The molecule has 0 spiro atoms. The summed E-state index contributed by atoms with van der Waals surface area (Å²) in [5.41, 5.74) is 2.65. The van der Waals surface area contributed by atoms with Crippen LogP contribution in [0.1, 0.15) is 96.1 Å². The second-order valence-electron chi connectivity index (χ2n) is 9.41.